The van der Waals surface area contributed by atoms with Crippen LogP contribution in [0.1, 0.15) is 17.3 Å². The third-order valence-corrected chi connectivity index (χ3v) is 4.10. The first kappa shape index (κ1) is 17.2. The second-order valence-corrected chi connectivity index (χ2v) is 6.08. The molecular formula is C17H13BrFNO5. The fourth-order valence-electron chi connectivity index (χ4n) is 2.15. The van der Waals surface area contributed by atoms with Crippen LogP contribution in [0.25, 0.3) is 0 Å². The maximum atomic E-state index is 13.1. The minimum Gasteiger partial charge on any atom is -0.454 e. The summed E-state index contributed by atoms with van der Waals surface area (Å²) in [5.41, 5.74) is 0.615. The fraction of sp³-hybridized carbons (Fsp3) is 0.176. The van der Waals surface area contributed by atoms with Crippen LogP contribution in [-0.2, 0) is 9.53 Å². The molecular weight excluding hydrogens is 397 g/mol. The number of rotatable bonds is 4. The lowest BCUT2D eigenvalue weighted by Crippen LogP contribution is -2.30. The number of anilines is 1. The lowest BCUT2D eigenvalue weighted by atomic mass is 10.2. The van der Waals surface area contributed by atoms with Crippen LogP contribution in [0.3, 0.4) is 0 Å². The summed E-state index contributed by atoms with van der Waals surface area (Å²) in [5, 5.41) is 2.63. The lowest BCUT2D eigenvalue weighted by molar-refractivity contribution is -0.123. The third kappa shape index (κ3) is 3.90. The summed E-state index contributed by atoms with van der Waals surface area (Å²) in [7, 11) is 0. The molecule has 0 saturated carbocycles. The number of hydrogen-bond donors (Lipinski definition) is 1. The number of esters is 1. The topological polar surface area (TPSA) is 73.9 Å². The summed E-state index contributed by atoms with van der Waals surface area (Å²) in [6, 6.07) is 8.50. The fourth-order valence-corrected chi connectivity index (χ4v) is 2.66. The van der Waals surface area contributed by atoms with Gasteiger partial charge >= 0.3 is 5.97 Å². The Morgan fingerprint density at radius 1 is 1.20 bits per heavy atom. The minimum atomic E-state index is -1.05. The van der Waals surface area contributed by atoms with Crippen molar-refractivity contribution in [2.75, 3.05) is 12.1 Å². The van der Waals surface area contributed by atoms with E-state index in [1.807, 2.05) is 0 Å². The van der Waals surface area contributed by atoms with Gasteiger partial charge in [-0.2, -0.15) is 0 Å². The van der Waals surface area contributed by atoms with Crippen molar-refractivity contribution in [3.63, 3.8) is 0 Å². The second-order valence-electron chi connectivity index (χ2n) is 5.23. The van der Waals surface area contributed by atoms with E-state index in [9.17, 15) is 14.0 Å². The molecule has 0 bridgehead atoms. The van der Waals surface area contributed by atoms with Crippen LogP contribution in [0, 0.1) is 5.82 Å². The molecule has 0 saturated heterocycles. The summed E-state index contributed by atoms with van der Waals surface area (Å²) < 4.78 is 28.9. The minimum absolute atomic E-state index is 0.129. The summed E-state index contributed by atoms with van der Waals surface area (Å²) >= 11 is 3.09. The summed E-state index contributed by atoms with van der Waals surface area (Å²) in [6.45, 7) is 1.57. The summed E-state index contributed by atoms with van der Waals surface area (Å²) in [4.78, 5) is 24.3. The zero-order valence-corrected chi connectivity index (χ0v) is 14.6. The first-order valence-corrected chi connectivity index (χ1v) is 8.10. The molecule has 0 spiro atoms. The van der Waals surface area contributed by atoms with Gasteiger partial charge < -0.3 is 19.5 Å². The molecule has 25 heavy (non-hydrogen) atoms. The van der Waals surface area contributed by atoms with E-state index in [-0.39, 0.29) is 16.8 Å². The maximum Gasteiger partial charge on any atom is 0.340 e. The smallest absolute Gasteiger partial charge is 0.340 e. The van der Waals surface area contributed by atoms with Crippen LogP contribution >= 0.6 is 15.9 Å². The molecule has 1 atom stereocenters. The molecule has 1 heterocycles. The molecule has 0 radical (unpaired) electrons. The molecule has 2 aromatic rings. The molecule has 1 amide bonds. The standard InChI is InChI=1S/C17H13BrFNO5/c1-9(25-17(22)12-4-2-10(19)6-13(12)18)16(21)20-11-3-5-14-15(7-11)24-8-23-14/h2-7,9H,8H2,1H3,(H,20,21)/t9-/m0/s1. The van der Waals surface area contributed by atoms with Crippen molar-refractivity contribution in [3.8, 4) is 11.5 Å². The van der Waals surface area contributed by atoms with Gasteiger partial charge in [-0.15, -0.1) is 0 Å². The van der Waals surface area contributed by atoms with Crippen molar-refractivity contribution in [3.05, 3.63) is 52.3 Å². The molecule has 0 aromatic heterocycles. The van der Waals surface area contributed by atoms with Crippen molar-refractivity contribution < 1.29 is 28.2 Å². The highest BCUT2D eigenvalue weighted by atomic mass is 79.9. The average molecular weight is 410 g/mol. The number of ether oxygens (including phenoxy) is 3. The Balaban J connectivity index is 1.63. The number of carbonyl (C=O) groups excluding carboxylic acids is 2. The SMILES string of the molecule is C[C@H](OC(=O)c1ccc(F)cc1Br)C(=O)Nc1ccc2c(c1)OCO2. The first-order chi connectivity index (χ1) is 11.9. The van der Waals surface area contributed by atoms with Crippen molar-refractivity contribution in [2.24, 2.45) is 0 Å². The van der Waals surface area contributed by atoms with Gasteiger partial charge in [-0.25, -0.2) is 9.18 Å². The highest BCUT2D eigenvalue weighted by Crippen LogP contribution is 2.34. The number of fused-ring (bicyclic) bond motifs is 1. The van der Waals surface area contributed by atoms with E-state index < -0.39 is 23.8 Å². The van der Waals surface area contributed by atoms with Gasteiger partial charge in [-0.1, -0.05) is 0 Å². The molecule has 130 valence electrons. The second kappa shape index (κ2) is 7.10. The van der Waals surface area contributed by atoms with E-state index in [4.69, 9.17) is 14.2 Å². The van der Waals surface area contributed by atoms with Crippen LogP contribution in [0.15, 0.2) is 40.9 Å². The quantitative estimate of drug-likeness (QED) is 0.782. The number of nitrogens with one attached hydrogen (secondary N) is 1. The van der Waals surface area contributed by atoms with Crippen LogP contribution in [0.2, 0.25) is 0 Å². The maximum absolute atomic E-state index is 13.1. The van der Waals surface area contributed by atoms with Gasteiger partial charge in [0, 0.05) is 16.2 Å². The Hall–Kier alpha value is -2.61. The predicted octanol–water partition coefficient (Wildman–Crippen LogP) is 3.50. The van der Waals surface area contributed by atoms with E-state index in [2.05, 4.69) is 21.2 Å². The predicted molar refractivity (Wildman–Crippen MR) is 90.2 cm³/mol. The summed E-state index contributed by atoms with van der Waals surface area (Å²) in [5.74, 6) is -0.612. The van der Waals surface area contributed by atoms with Crippen molar-refractivity contribution in [1.29, 1.82) is 0 Å². The molecule has 0 fully saturated rings. The Morgan fingerprint density at radius 2 is 1.96 bits per heavy atom. The van der Waals surface area contributed by atoms with Gasteiger partial charge in [-0.3, -0.25) is 4.79 Å². The normalized spacial score (nSPS) is 13.2. The van der Waals surface area contributed by atoms with Gasteiger partial charge in [0.1, 0.15) is 5.82 Å². The molecule has 0 aliphatic carbocycles. The zero-order valence-electron chi connectivity index (χ0n) is 13.0. The van der Waals surface area contributed by atoms with Gasteiger partial charge in [0.2, 0.25) is 6.79 Å². The Morgan fingerprint density at radius 3 is 2.72 bits per heavy atom. The van der Waals surface area contributed by atoms with E-state index in [1.54, 1.807) is 18.2 Å². The van der Waals surface area contributed by atoms with Crippen LogP contribution in [0.4, 0.5) is 10.1 Å². The monoisotopic (exact) mass is 409 g/mol. The van der Waals surface area contributed by atoms with Crippen LogP contribution in [0.5, 0.6) is 11.5 Å². The lowest BCUT2D eigenvalue weighted by Gasteiger charge is -2.14. The van der Waals surface area contributed by atoms with Crippen LogP contribution < -0.4 is 14.8 Å². The van der Waals surface area contributed by atoms with Gasteiger partial charge in [0.15, 0.2) is 17.6 Å². The van der Waals surface area contributed by atoms with E-state index in [0.29, 0.717) is 17.2 Å². The van der Waals surface area contributed by atoms with E-state index in [1.165, 1.54) is 13.0 Å². The van der Waals surface area contributed by atoms with Gasteiger partial charge in [0.05, 0.1) is 5.56 Å². The molecule has 0 unspecified atom stereocenters. The van der Waals surface area contributed by atoms with Crippen molar-refractivity contribution in [1.82, 2.24) is 0 Å². The van der Waals surface area contributed by atoms with Gasteiger partial charge in [0.25, 0.3) is 5.91 Å². The molecule has 8 heteroatoms. The van der Waals surface area contributed by atoms with E-state index >= 15 is 0 Å². The number of carbonyl (C=O) groups is 2. The third-order valence-electron chi connectivity index (χ3n) is 3.44. The van der Waals surface area contributed by atoms with Crippen LogP contribution in [-0.4, -0.2) is 24.8 Å². The molecule has 6 nitrogen and oxygen atoms in total. The molecule has 1 N–H and O–H groups in total. The largest absolute Gasteiger partial charge is 0.454 e. The number of hydrogen-bond acceptors (Lipinski definition) is 5. The highest BCUT2D eigenvalue weighted by Gasteiger charge is 2.22. The van der Waals surface area contributed by atoms with Crippen molar-refractivity contribution >= 4 is 33.5 Å². The average Bonchev–Trinajstić information content (AvgIpc) is 3.02. The Bertz CT molecular complexity index is 842. The first-order valence-electron chi connectivity index (χ1n) is 7.30. The van der Waals surface area contributed by atoms with Crippen molar-refractivity contribution in [2.45, 2.75) is 13.0 Å². The number of amides is 1. The molecule has 2 aromatic carbocycles. The molecule has 3 rings (SSSR count). The number of halogens is 2. The highest BCUT2D eigenvalue weighted by molar-refractivity contribution is 9.10. The number of benzene rings is 2. The molecule has 1 aliphatic heterocycles. The van der Waals surface area contributed by atoms with Gasteiger partial charge in [-0.05, 0) is 53.2 Å². The zero-order chi connectivity index (χ0) is 18.0. The Labute approximate surface area is 151 Å². The summed E-state index contributed by atoms with van der Waals surface area (Å²) in [6.07, 6.45) is -1.05. The van der Waals surface area contributed by atoms with E-state index in [0.717, 1.165) is 12.1 Å². The Kier molecular flexibility index (Phi) is 4.89. The molecule has 1 aliphatic rings.